The maximum atomic E-state index is 12.7. The van der Waals surface area contributed by atoms with Gasteiger partial charge in [0.15, 0.2) is 0 Å². The van der Waals surface area contributed by atoms with Gasteiger partial charge in [-0.3, -0.25) is 4.79 Å². The monoisotopic (exact) mass is 320 g/mol. The molecular formula is C16H33ClN2O2. The number of amides is 1. The molecule has 0 aliphatic heterocycles. The molecule has 21 heavy (non-hydrogen) atoms. The summed E-state index contributed by atoms with van der Waals surface area (Å²) in [5.41, 5.74) is 0.0558. The van der Waals surface area contributed by atoms with E-state index in [9.17, 15) is 4.79 Å². The number of nitrogens with zero attached hydrogens (tertiary/aromatic N) is 1. The number of hydrogen-bond acceptors (Lipinski definition) is 3. The molecule has 0 aromatic heterocycles. The molecule has 4 nitrogen and oxygen atoms in total. The Morgan fingerprint density at radius 2 is 2.05 bits per heavy atom. The molecule has 1 aliphatic carbocycles. The molecule has 0 heterocycles. The van der Waals surface area contributed by atoms with E-state index in [0.29, 0.717) is 6.04 Å². The molecule has 0 aromatic carbocycles. The molecule has 1 aliphatic rings. The molecule has 0 bridgehead atoms. The first-order valence-electron chi connectivity index (χ1n) is 7.96. The van der Waals surface area contributed by atoms with E-state index in [4.69, 9.17) is 4.74 Å². The van der Waals surface area contributed by atoms with Crippen molar-refractivity contribution in [2.24, 2.45) is 11.3 Å². The zero-order chi connectivity index (χ0) is 15.3. The summed E-state index contributed by atoms with van der Waals surface area (Å²) in [4.78, 5) is 14.7. The van der Waals surface area contributed by atoms with E-state index in [2.05, 4.69) is 31.0 Å². The molecule has 126 valence electrons. The lowest BCUT2D eigenvalue weighted by molar-refractivity contribution is -0.169. The lowest BCUT2D eigenvalue weighted by Gasteiger charge is -2.56. The second-order valence-corrected chi connectivity index (χ2v) is 6.51. The number of hydrogen-bond donors (Lipinski definition) is 1. The molecule has 0 aromatic rings. The van der Waals surface area contributed by atoms with Crippen LogP contribution in [0.5, 0.6) is 0 Å². The second kappa shape index (κ2) is 8.96. The Kier molecular flexibility index (Phi) is 8.83. The number of ether oxygens (including phenoxy) is 1. The van der Waals surface area contributed by atoms with Crippen molar-refractivity contribution in [3.8, 4) is 0 Å². The summed E-state index contributed by atoms with van der Waals surface area (Å²) in [6.45, 7) is 13.0. The van der Waals surface area contributed by atoms with Crippen molar-refractivity contribution in [3.05, 3.63) is 0 Å². The fourth-order valence-corrected chi connectivity index (χ4v) is 3.21. The van der Waals surface area contributed by atoms with Crippen LogP contribution >= 0.6 is 12.4 Å². The Balaban J connectivity index is 0.00000400. The number of carbonyl (C=O) groups is 1. The largest absolute Gasteiger partial charge is 0.378 e. The number of nitrogens with one attached hydrogen (secondary N) is 1. The van der Waals surface area contributed by atoms with Crippen LogP contribution in [0, 0.1) is 11.3 Å². The van der Waals surface area contributed by atoms with Gasteiger partial charge in [-0.1, -0.05) is 27.7 Å². The third-order valence-electron chi connectivity index (χ3n) is 4.55. The van der Waals surface area contributed by atoms with Crippen LogP contribution in [0.4, 0.5) is 0 Å². The van der Waals surface area contributed by atoms with Gasteiger partial charge in [0.2, 0.25) is 5.91 Å². The van der Waals surface area contributed by atoms with Gasteiger partial charge in [0.05, 0.1) is 6.10 Å². The molecule has 1 fully saturated rings. The number of rotatable bonds is 8. The molecule has 0 spiro atoms. The lowest BCUT2D eigenvalue weighted by atomic mass is 9.63. The third-order valence-corrected chi connectivity index (χ3v) is 4.55. The van der Waals surface area contributed by atoms with Gasteiger partial charge in [0, 0.05) is 37.1 Å². The Labute approximate surface area is 136 Å². The Hall–Kier alpha value is -0.320. The van der Waals surface area contributed by atoms with Gasteiger partial charge in [-0.2, -0.15) is 0 Å². The standard InChI is InChI=1S/C16H32N2O2.ClH/c1-7-9-18(15(19)12(3)11-17-6)13-10-14(20-8-2)16(13,4)5;/h12-14,17H,7-11H2,1-6H3;1H. The minimum Gasteiger partial charge on any atom is -0.378 e. The minimum absolute atomic E-state index is 0. The first-order chi connectivity index (χ1) is 9.39. The zero-order valence-electron chi connectivity index (χ0n) is 14.4. The van der Waals surface area contributed by atoms with Crippen molar-refractivity contribution in [1.82, 2.24) is 10.2 Å². The molecule has 1 saturated carbocycles. The first kappa shape index (κ1) is 20.7. The maximum absolute atomic E-state index is 12.7. The smallest absolute Gasteiger partial charge is 0.226 e. The summed E-state index contributed by atoms with van der Waals surface area (Å²) in [7, 11) is 1.90. The van der Waals surface area contributed by atoms with Crippen LogP contribution in [-0.2, 0) is 9.53 Å². The molecule has 0 radical (unpaired) electrons. The minimum atomic E-state index is 0. The van der Waals surface area contributed by atoms with Gasteiger partial charge < -0.3 is 15.0 Å². The van der Waals surface area contributed by atoms with Crippen molar-refractivity contribution in [3.63, 3.8) is 0 Å². The Morgan fingerprint density at radius 1 is 1.43 bits per heavy atom. The maximum Gasteiger partial charge on any atom is 0.226 e. The summed E-state index contributed by atoms with van der Waals surface area (Å²) >= 11 is 0. The molecule has 5 heteroatoms. The van der Waals surface area contributed by atoms with Crippen molar-refractivity contribution in [2.45, 2.75) is 59.6 Å². The van der Waals surface area contributed by atoms with Gasteiger partial charge in [0.1, 0.15) is 0 Å². The molecular weight excluding hydrogens is 288 g/mol. The van der Waals surface area contributed by atoms with Crippen molar-refractivity contribution in [1.29, 1.82) is 0 Å². The average molecular weight is 321 g/mol. The molecule has 0 saturated heterocycles. The number of carbonyl (C=O) groups excluding carboxylic acids is 1. The summed E-state index contributed by atoms with van der Waals surface area (Å²) in [6, 6.07) is 0.311. The van der Waals surface area contributed by atoms with Crippen LogP contribution in [0.3, 0.4) is 0 Å². The highest BCUT2D eigenvalue weighted by atomic mass is 35.5. The van der Waals surface area contributed by atoms with Crippen molar-refractivity contribution in [2.75, 3.05) is 26.7 Å². The predicted molar refractivity (Wildman–Crippen MR) is 89.9 cm³/mol. The van der Waals surface area contributed by atoms with Crippen LogP contribution in [0.2, 0.25) is 0 Å². The van der Waals surface area contributed by atoms with E-state index < -0.39 is 0 Å². The summed E-state index contributed by atoms with van der Waals surface area (Å²) < 4.78 is 5.79. The van der Waals surface area contributed by atoms with Crippen molar-refractivity contribution >= 4 is 18.3 Å². The highest BCUT2D eigenvalue weighted by molar-refractivity contribution is 5.85. The van der Waals surface area contributed by atoms with Gasteiger partial charge in [-0.15, -0.1) is 12.4 Å². The third kappa shape index (κ3) is 4.57. The first-order valence-corrected chi connectivity index (χ1v) is 7.96. The highest BCUT2D eigenvalue weighted by Crippen LogP contribution is 2.46. The molecule has 3 unspecified atom stereocenters. The Morgan fingerprint density at radius 3 is 2.48 bits per heavy atom. The summed E-state index contributed by atoms with van der Waals surface area (Å²) in [5, 5.41) is 3.10. The second-order valence-electron chi connectivity index (χ2n) is 6.51. The summed E-state index contributed by atoms with van der Waals surface area (Å²) in [5.74, 6) is 0.308. The number of halogens is 1. The van der Waals surface area contributed by atoms with Gasteiger partial charge in [0.25, 0.3) is 0 Å². The quantitative estimate of drug-likeness (QED) is 0.747. The molecule has 1 rings (SSSR count). The van der Waals surface area contributed by atoms with E-state index >= 15 is 0 Å². The fraction of sp³-hybridized carbons (Fsp3) is 0.938. The Bertz CT molecular complexity index is 323. The van der Waals surface area contributed by atoms with Gasteiger partial charge in [-0.05, 0) is 26.8 Å². The zero-order valence-corrected chi connectivity index (χ0v) is 15.3. The molecule has 3 atom stereocenters. The fourth-order valence-electron chi connectivity index (χ4n) is 3.21. The van der Waals surface area contributed by atoms with Crippen LogP contribution in [0.25, 0.3) is 0 Å². The van der Waals surface area contributed by atoms with Gasteiger partial charge >= 0.3 is 0 Å². The summed E-state index contributed by atoms with van der Waals surface area (Å²) in [6.07, 6.45) is 2.26. The lowest BCUT2D eigenvalue weighted by Crippen LogP contribution is -2.64. The van der Waals surface area contributed by atoms with E-state index in [-0.39, 0.29) is 35.8 Å². The molecule has 1 amide bonds. The average Bonchev–Trinajstić information content (AvgIpc) is 2.40. The van der Waals surface area contributed by atoms with E-state index in [1.54, 1.807) is 0 Å². The van der Waals surface area contributed by atoms with Crippen molar-refractivity contribution < 1.29 is 9.53 Å². The van der Waals surface area contributed by atoms with E-state index in [1.165, 1.54) is 0 Å². The highest BCUT2D eigenvalue weighted by Gasteiger charge is 2.52. The van der Waals surface area contributed by atoms with E-state index in [0.717, 1.165) is 32.5 Å². The van der Waals surface area contributed by atoms with Gasteiger partial charge in [-0.25, -0.2) is 0 Å². The predicted octanol–water partition coefficient (Wildman–Crippen LogP) is 2.71. The van der Waals surface area contributed by atoms with Crippen LogP contribution < -0.4 is 5.32 Å². The molecule has 1 N–H and O–H groups in total. The SMILES string of the molecule is CCCN(C(=O)C(C)CNC)C1CC(OCC)C1(C)C.Cl. The van der Waals surface area contributed by atoms with E-state index in [1.807, 2.05) is 20.9 Å². The van der Waals surface area contributed by atoms with Crippen LogP contribution in [0.1, 0.15) is 47.5 Å². The topological polar surface area (TPSA) is 41.6 Å². The van der Waals surface area contributed by atoms with Crippen LogP contribution in [0.15, 0.2) is 0 Å². The van der Waals surface area contributed by atoms with Crippen LogP contribution in [-0.4, -0.2) is 49.7 Å². The normalized spacial score (nSPS) is 24.7.